The van der Waals surface area contributed by atoms with Gasteiger partial charge in [-0.25, -0.2) is 0 Å². The van der Waals surface area contributed by atoms with Crippen molar-refractivity contribution in [2.24, 2.45) is 0 Å². The second-order valence-corrected chi connectivity index (χ2v) is 21.0. The summed E-state index contributed by atoms with van der Waals surface area (Å²) >= 11 is 0. The van der Waals surface area contributed by atoms with Gasteiger partial charge in [0.1, 0.15) is 0 Å². The number of aliphatic hydroxyl groups excluding tert-OH is 2. The van der Waals surface area contributed by atoms with Crippen LogP contribution in [0.4, 0.5) is 0 Å². The average molecular weight is 971 g/mol. The summed E-state index contributed by atoms with van der Waals surface area (Å²) in [4.78, 5) is 24.5. The van der Waals surface area contributed by atoms with Crippen molar-refractivity contribution in [2.75, 3.05) is 13.2 Å². The summed E-state index contributed by atoms with van der Waals surface area (Å²) in [6.45, 7) is 4.90. The number of unbranched alkanes of at least 4 members (excludes halogenated alkanes) is 42. The van der Waals surface area contributed by atoms with Crippen molar-refractivity contribution in [1.29, 1.82) is 0 Å². The molecule has 0 heterocycles. The first-order chi connectivity index (χ1) is 34.0. The van der Waals surface area contributed by atoms with Crippen LogP contribution in [-0.4, -0.2) is 47.4 Å². The van der Waals surface area contributed by atoms with E-state index in [1.54, 1.807) is 6.08 Å². The third-order valence-corrected chi connectivity index (χ3v) is 14.1. The first kappa shape index (κ1) is 67.1. The number of ether oxygens (including phenoxy) is 1. The van der Waals surface area contributed by atoms with Gasteiger partial charge in [-0.15, -0.1) is 0 Å². The lowest BCUT2D eigenvalue weighted by atomic mass is 10.0. The van der Waals surface area contributed by atoms with Crippen molar-refractivity contribution in [1.82, 2.24) is 5.32 Å². The zero-order valence-corrected chi connectivity index (χ0v) is 46.3. The molecule has 0 aliphatic carbocycles. The number of hydrogen-bond donors (Lipinski definition) is 3. The van der Waals surface area contributed by atoms with Gasteiger partial charge < -0.3 is 20.3 Å². The number of carbonyl (C=O) groups is 2. The standard InChI is InChI=1S/C63H119NO5/c1-3-5-7-9-11-13-15-17-19-24-29-33-37-41-45-49-53-57-63(68)69-58-54-50-46-42-38-34-30-26-23-21-20-22-25-28-32-36-40-44-48-52-56-62(67)64-60(59-65)61(66)55-51-47-43-39-35-31-27-18-16-14-12-10-8-6-4-2/h17,19-20,22,51,55,60-61,65-66H,3-16,18,21,23-50,52-54,56-59H2,1-2H3,(H,64,67)/b19-17-,22-20-,55-51+. The van der Waals surface area contributed by atoms with E-state index in [9.17, 15) is 19.8 Å². The Balaban J connectivity index is 3.45. The molecule has 0 aromatic carbocycles. The SMILES string of the molecule is CCCCCCCC/C=C\CCCCCCCCCC(=O)OCCCCCCCCCCC/C=C\CCCCCCCCCC(=O)NC(CO)C(O)/C=C/CCCCCCCCCCCCCCC. The molecule has 69 heavy (non-hydrogen) atoms. The van der Waals surface area contributed by atoms with E-state index >= 15 is 0 Å². The van der Waals surface area contributed by atoms with E-state index in [2.05, 4.69) is 43.5 Å². The molecule has 0 saturated heterocycles. The van der Waals surface area contributed by atoms with Crippen LogP contribution in [0.1, 0.15) is 328 Å². The third-order valence-electron chi connectivity index (χ3n) is 14.1. The van der Waals surface area contributed by atoms with E-state index in [-0.39, 0.29) is 18.5 Å². The molecule has 2 atom stereocenters. The highest BCUT2D eigenvalue weighted by Gasteiger charge is 2.18. The Bertz CT molecular complexity index is 1120. The number of aliphatic hydroxyl groups is 2. The highest BCUT2D eigenvalue weighted by Crippen LogP contribution is 2.16. The number of amides is 1. The summed E-state index contributed by atoms with van der Waals surface area (Å²) in [5.74, 6) is -0.0736. The molecule has 1 amide bonds. The molecular formula is C63H119NO5. The molecule has 3 N–H and O–H groups in total. The summed E-state index contributed by atoms with van der Waals surface area (Å²) in [6, 6.07) is -0.634. The Morgan fingerprint density at radius 3 is 1.03 bits per heavy atom. The molecule has 0 aromatic heterocycles. The lowest BCUT2D eigenvalue weighted by molar-refractivity contribution is -0.143. The van der Waals surface area contributed by atoms with Crippen LogP contribution in [0.3, 0.4) is 0 Å². The van der Waals surface area contributed by atoms with Gasteiger partial charge in [-0.1, -0.05) is 269 Å². The van der Waals surface area contributed by atoms with Crippen molar-refractivity contribution in [3.8, 4) is 0 Å². The molecule has 0 spiro atoms. The predicted molar refractivity (Wildman–Crippen MR) is 301 cm³/mol. The molecule has 0 fully saturated rings. The van der Waals surface area contributed by atoms with E-state index in [1.807, 2.05) is 6.08 Å². The first-order valence-corrected chi connectivity index (χ1v) is 30.8. The maximum atomic E-state index is 12.5. The first-order valence-electron chi connectivity index (χ1n) is 30.8. The fourth-order valence-electron chi connectivity index (χ4n) is 9.39. The normalized spacial score (nSPS) is 12.8. The molecule has 0 aromatic rings. The lowest BCUT2D eigenvalue weighted by Crippen LogP contribution is -2.45. The van der Waals surface area contributed by atoms with Crippen LogP contribution in [0.15, 0.2) is 36.5 Å². The van der Waals surface area contributed by atoms with Gasteiger partial charge in [0.05, 0.1) is 25.4 Å². The Labute approximate surface area is 430 Å². The van der Waals surface area contributed by atoms with Gasteiger partial charge in [-0.05, 0) is 83.5 Å². The van der Waals surface area contributed by atoms with E-state index < -0.39 is 12.1 Å². The minimum atomic E-state index is -0.850. The van der Waals surface area contributed by atoms with Gasteiger partial charge in [-0.3, -0.25) is 9.59 Å². The van der Waals surface area contributed by atoms with Gasteiger partial charge in [0.25, 0.3) is 0 Å². The monoisotopic (exact) mass is 970 g/mol. The second kappa shape index (κ2) is 58.6. The fourth-order valence-corrected chi connectivity index (χ4v) is 9.39. The molecule has 6 nitrogen and oxygen atoms in total. The molecule has 6 heteroatoms. The Kier molecular flexibility index (Phi) is 57.0. The number of esters is 1. The molecule has 406 valence electrons. The van der Waals surface area contributed by atoms with E-state index in [1.165, 1.54) is 250 Å². The van der Waals surface area contributed by atoms with Gasteiger partial charge >= 0.3 is 5.97 Å². The van der Waals surface area contributed by atoms with Crippen LogP contribution in [0.2, 0.25) is 0 Å². The van der Waals surface area contributed by atoms with E-state index in [4.69, 9.17) is 4.74 Å². The molecule has 0 saturated carbocycles. The molecule has 0 rings (SSSR count). The van der Waals surface area contributed by atoms with Gasteiger partial charge in [0.2, 0.25) is 5.91 Å². The highest BCUT2D eigenvalue weighted by molar-refractivity contribution is 5.76. The molecule has 2 unspecified atom stereocenters. The van der Waals surface area contributed by atoms with Crippen LogP contribution in [-0.2, 0) is 14.3 Å². The largest absolute Gasteiger partial charge is 0.466 e. The van der Waals surface area contributed by atoms with Crippen LogP contribution >= 0.6 is 0 Å². The van der Waals surface area contributed by atoms with Crippen molar-refractivity contribution in [2.45, 2.75) is 341 Å². The number of rotatable bonds is 57. The number of allylic oxidation sites excluding steroid dienone is 5. The fraction of sp³-hybridized carbons (Fsp3) is 0.873. The molecule has 0 bridgehead atoms. The average Bonchev–Trinajstić information content (AvgIpc) is 3.35. The Morgan fingerprint density at radius 1 is 0.391 bits per heavy atom. The number of nitrogens with one attached hydrogen (secondary N) is 1. The van der Waals surface area contributed by atoms with Crippen LogP contribution in [0.25, 0.3) is 0 Å². The zero-order chi connectivity index (χ0) is 50.0. The summed E-state index contributed by atoms with van der Waals surface area (Å²) in [6.07, 6.45) is 73.2. The summed E-state index contributed by atoms with van der Waals surface area (Å²) in [7, 11) is 0. The minimum Gasteiger partial charge on any atom is -0.466 e. The Morgan fingerprint density at radius 2 is 0.681 bits per heavy atom. The van der Waals surface area contributed by atoms with Crippen molar-refractivity contribution >= 4 is 11.9 Å². The molecular weight excluding hydrogens is 851 g/mol. The summed E-state index contributed by atoms with van der Waals surface area (Å²) < 4.78 is 5.49. The van der Waals surface area contributed by atoms with E-state index in [0.717, 1.165) is 51.4 Å². The Hall–Kier alpha value is -1.92. The number of hydrogen-bond acceptors (Lipinski definition) is 5. The molecule has 0 radical (unpaired) electrons. The second-order valence-electron chi connectivity index (χ2n) is 21.0. The smallest absolute Gasteiger partial charge is 0.305 e. The van der Waals surface area contributed by atoms with Crippen molar-refractivity contribution in [3.05, 3.63) is 36.5 Å². The zero-order valence-electron chi connectivity index (χ0n) is 46.3. The van der Waals surface area contributed by atoms with Crippen LogP contribution in [0.5, 0.6) is 0 Å². The number of carbonyl (C=O) groups excluding carboxylic acids is 2. The van der Waals surface area contributed by atoms with Gasteiger partial charge in [-0.2, -0.15) is 0 Å². The van der Waals surface area contributed by atoms with Gasteiger partial charge in [0.15, 0.2) is 0 Å². The lowest BCUT2D eigenvalue weighted by Gasteiger charge is -2.20. The maximum absolute atomic E-state index is 12.5. The maximum Gasteiger partial charge on any atom is 0.305 e. The summed E-state index contributed by atoms with van der Waals surface area (Å²) in [5.41, 5.74) is 0. The topological polar surface area (TPSA) is 95.9 Å². The van der Waals surface area contributed by atoms with Gasteiger partial charge in [0, 0.05) is 12.8 Å². The van der Waals surface area contributed by atoms with Crippen LogP contribution in [0, 0.1) is 0 Å². The molecule has 0 aliphatic heterocycles. The molecule has 0 aliphatic rings. The summed E-state index contributed by atoms with van der Waals surface area (Å²) in [5, 5.41) is 23.1. The quantitative estimate of drug-likeness (QED) is 0.0321. The van der Waals surface area contributed by atoms with Crippen LogP contribution < -0.4 is 5.32 Å². The minimum absolute atomic E-state index is 0.00221. The highest BCUT2D eigenvalue weighted by atomic mass is 16.5. The third kappa shape index (κ3) is 55.2. The van der Waals surface area contributed by atoms with Crippen molar-refractivity contribution in [3.63, 3.8) is 0 Å². The van der Waals surface area contributed by atoms with E-state index in [0.29, 0.717) is 19.4 Å². The predicted octanol–water partition coefficient (Wildman–Crippen LogP) is 19.2. The van der Waals surface area contributed by atoms with Crippen molar-refractivity contribution < 1.29 is 24.5 Å².